The SMILES string of the molecule is CCOc1ccccc1NC(=O)Cn1nc(C)c([N+](=O)[O-])c1C. The molecule has 0 radical (unpaired) electrons. The highest BCUT2D eigenvalue weighted by molar-refractivity contribution is 5.92. The molecule has 0 fully saturated rings. The Morgan fingerprint density at radius 3 is 2.70 bits per heavy atom. The lowest BCUT2D eigenvalue weighted by Crippen LogP contribution is -2.20. The van der Waals surface area contributed by atoms with E-state index >= 15 is 0 Å². The van der Waals surface area contributed by atoms with Gasteiger partial charge in [0.25, 0.3) is 0 Å². The number of anilines is 1. The molecule has 1 aromatic carbocycles. The molecule has 2 aromatic rings. The summed E-state index contributed by atoms with van der Waals surface area (Å²) in [5.74, 6) is 0.236. The summed E-state index contributed by atoms with van der Waals surface area (Å²) in [5, 5.41) is 17.8. The second kappa shape index (κ2) is 6.91. The van der Waals surface area contributed by atoms with Crippen molar-refractivity contribution >= 4 is 17.3 Å². The molecule has 0 atom stereocenters. The van der Waals surface area contributed by atoms with Gasteiger partial charge in [-0.3, -0.25) is 19.6 Å². The van der Waals surface area contributed by atoms with Crippen LogP contribution in [0.1, 0.15) is 18.3 Å². The molecule has 8 heteroatoms. The quantitative estimate of drug-likeness (QED) is 0.651. The maximum Gasteiger partial charge on any atom is 0.312 e. The Morgan fingerprint density at radius 2 is 2.09 bits per heavy atom. The minimum absolute atomic E-state index is 0.0625. The molecule has 8 nitrogen and oxygen atoms in total. The zero-order chi connectivity index (χ0) is 17.0. The lowest BCUT2D eigenvalue weighted by atomic mass is 10.3. The summed E-state index contributed by atoms with van der Waals surface area (Å²) in [4.78, 5) is 22.7. The van der Waals surface area contributed by atoms with Crippen molar-refractivity contribution in [1.82, 2.24) is 9.78 Å². The molecule has 0 spiro atoms. The minimum Gasteiger partial charge on any atom is -0.492 e. The van der Waals surface area contributed by atoms with Gasteiger partial charge in [0.05, 0.1) is 17.2 Å². The summed E-state index contributed by atoms with van der Waals surface area (Å²) < 4.78 is 6.77. The van der Waals surface area contributed by atoms with Gasteiger partial charge in [-0.05, 0) is 32.9 Å². The first-order chi connectivity index (χ1) is 10.9. The van der Waals surface area contributed by atoms with Crippen LogP contribution in [0.15, 0.2) is 24.3 Å². The molecule has 0 unspecified atom stereocenters. The van der Waals surface area contributed by atoms with E-state index in [0.29, 0.717) is 23.7 Å². The maximum absolute atomic E-state index is 12.2. The fourth-order valence-corrected chi connectivity index (χ4v) is 2.28. The molecule has 0 saturated carbocycles. The summed E-state index contributed by atoms with van der Waals surface area (Å²) in [5.41, 5.74) is 1.12. The van der Waals surface area contributed by atoms with Crippen LogP contribution in [0.3, 0.4) is 0 Å². The number of nitro groups is 1. The van der Waals surface area contributed by atoms with Crippen LogP contribution in [-0.4, -0.2) is 27.2 Å². The van der Waals surface area contributed by atoms with Crippen molar-refractivity contribution in [1.29, 1.82) is 0 Å². The van der Waals surface area contributed by atoms with E-state index in [-0.39, 0.29) is 23.8 Å². The Hall–Kier alpha value is -2.90. The number of carbonyl (C=O) groups is 1. The van der Waals surface area contributed by atoms with Gasteiger partial charge in [-0.15, -0.1) is 0 Å². The molecule has 1 aromatic heterocycles. The number of aryl methyl sites for hydroxylation is 1. The highest BCUT2D eigenvalue weighted by Crippen LogP contribution is 2.24. The van der Waals surface area contributed by atoms with Gasteiger partial charge < -0.3 is 10.1 Å². The van der Waals surface area contributed by atoms with Crippen LogP contribution in [0, 0.1) is 24.0 Å². The zero-order valence-corrected chi connectivity index (χ0v) is 13.2. The van der Waals surface area contributed by atoms with Gasteiger partial charge in [0.1, 0.15) is 23.7 Å². The molecule has 122 valence electrons. The third-order valence-corrected chi connectivity index (χ3v) is 3.28. The number of para-hydroxylation sites is 2. The molecule has 0 aliphatic carbocycles. The second-order valence-electron chi connectivity index (χ2n) is 4.91. The standard InChI is InChI=1S/C15H18N4O4/c1-4-23-13-8-6-5-7-12(13)16-14(20)9-18-11(3)15(19(21)22)10(2)17-18/h5-8H,4,9H2,1-3H3,(H,16,20). The normalized spacial score (nSPS) is 10.4. The van der Waals surface area contributed by atoms with Crippen molar-refractivity contribution in [2.45, 2.75) is 27.3 Å². The average Bonchev–Trinajstić information content (AvgIpc) is 2.75. The van der Waals surface area contributed by atoms with E-state index in [9.17, 15) is 14.9 Å². The van der Waals surface area contributed by atoms with E-state index in [1.54, 1.807) is 32.0 Å². The third-order valence-electron chi connectivity index (χ3n) is 3.28. The minimum atomic E-state index is -0.490. The van der Waals surface area contributed by atoms with Crippen LogP contribution in [0.2, 0.25) is 0 Å². The van der Waals surface area contributed by atoms with Crippen molar-refractivity contribution < 1.29 is 14.5 Å². The monoisotopic (exact) mass is 318 g/mol. The summed E-state index contributed by atoms with van der Waals surface area (Å²) in [6, 6.07) is 7.08. The van der Waals surface area contributed by atoms with Gasteiger partial charge in [-0.25, -0.2) is 0 Å². The third kappa shape index (κ3) is 3.65. The Kier molecular flexibility index (Phi) is 4.95. The number of carbonyl (C=O) groups excluding carboxylic acids is 1. The number of rotatable bonds is 6. The molecule has 0 saturated heterocycles. The smallest absolute Gasteiger partial charge is 0.312 e. The van der Waals surface area contributed by atoms with E-state index < -0.39 is 4.92 Å². The lowest BCUT2D eigenvalue weighted by Gasteiger charge is -2.11. The van der Waals surface area contributed by atoms with Crippen molar-refractivity contribution in [3.8, 4) is 5.75 Å². The van der Waals surface area contributed by atoms with Gasteiger partial charge in [-0.2, -0.15) is 5.10 Å². The van der Waals surface area contributed by atoms with Crippen molar-refractivity contribution in [3.63, 3.8) is 0 Å². The molecule has 1 amide bonds. The van der Waals surface area contributed by atoms with Gasteiger partial charge in [-0.1, -0.05) is 12.1 Å². The van der Waals surface area contributed by atoms with Crippen LogP contribution in [0.25, 0.3) is 0 Å². The number of amides is 1. The number of ether oxygens (including phenoxy) is 1. The summed E-state index contributed by atoms with van der Waals surface area (Å²) in [6.07, 6.45) is 0. The molecule has 1 heterocycles. The molecule has 1 N–H and O–H groups in total. The van der Waals surface area contributed by atoms with Crippen LogP contribution in [0.5, 0.6) is 5.75 Å². The number of benzene rings is 1. The van der Waals surface area contributed by atoms with Crippen LogP contribution in [0.4, 0.5) is 11.4 Å². The molecule has 0 bridgehead atoms. The number of hydrogen-bond acceptors (Lipinski definition) is 5. The molecule has 0 aliphatic heterocycles. The Balaban J connectivity index is 2.15. The van der Waals surface area contributed by atoms with Gasteiger partial charge in [0.2, 0.25) is 5.91 Å². The van der Waals surface area contributed by atoms with E-state index in [1.165, 1.54) is 4.68 Å². The maximum atomic E-state index is 12.2. The second-order valence-corrected chi connectivity index (χ2v) is 4.91. The first-order valence-electron chi connectivity index (χ1n) is 7.14. The lowest BCUT2D eigenvalue weighted by molar-refractivity contribution is -0.386. The fourth-order valence-electron chi connectivity index (χ4n) is 2.28. The average molecular weight is 318 g/mol. The summed E-state index contributed by atoms with van der Waals surface area (Å²) >= 11 is 0. The van der Waals surface area contributed by atoms with Crippen LogP contribution >= 0.6 is 0 Å². The summed E-state index contributed by atoms with van der Waals surface area (Å²) in [6.45, 7) is 5.34. The van der Waals surface area contributed by atoms with E-state index in [0.717, 1.165) is 0 Å². The van der Waals surface area contributed by atoms with Crippen LogP contribution < -0.4 is 10.1 Å². The predicted octanol–water partition coefficient (Wildman–Crippen LogP) is 2.45. The molecule has 2 rings (SSSR count). The highest BCUT2D eigenvalue weighted by Gasteiger charge is 2.22. The van der Waals surface area contributed by atoms with E-state index in [4.69, 9.17) is 4.74 Å². The Bertz CT molecular complexity index is 739. The van der Waals surface area contributed by atoms with Crippen molar-refractivity contribution in [3.05, 3.63) is 45.8 Å². The Morgan fingerprint density at radius 1 is 1.39 bits per heavy atom. The largest absolute Gasteiger partial charge is 0.492 e. The number of nitrogens with zero attached hydrogens (tertiary/aromatic N) is 3. The predicted molar refractivity (Wildman–Crippen MR) is 84.6 cm³/mol. The number of hydrogen-bond donors (Lipinski definition) is 1. The zero-order valence-electron chi connectivity index (χ0n) is 13.2. The Labute approximate surface area is 133 Å². The van der Waals surface area contributed by atoms with E-state index in [2.05, 4.69) is 10.4 Å². The molecular weight excluding hydrogens is 300 g/mol. The van der Waals surface area contributed by atoms with Gasteiger partial charge >= 0.3 is 5.69 Å². The molecular formula is C15H18N4O4. The van der Waals surface area contributed by atoms with E-state index in [1.807, 2.05) is 13.0 Å². The van der Waals surface area contributed by atoms with Crippen molar-refractivity contribution in [2.24, 2.45) is 0 Å². The summed E-state index contributed by atoms with van der Waals surface area (Å²) in [7, 11) is 0. The topological polar surface area (TPSA) is 99.3 Å². The highest BCUT2D eigenvalue weighted by atomic mass is 16.6. The molecule has 0 aliphatic rings. The molecule has 23 heavy (non-hydrogen) atoms. The first-order valence-corrected chi connectivity index (χ1v) is 7.14. The van der Waals surface area contributed by atoms with Crippen molar-refractivity contribution in [2.75, 3.05) is 11.9 Å². The number of nitrogens with one attached hydrogen (secondary N) is 1. The van der Waals surface area contributed by atoms with Gasteiger partial charge in [0, 0.05) is 0 Å². The van der Waals surface area contributed by atoms with Crippen LogP contribution in [-0.2, 0) is 11.3 Å². The fraction of sp³-hybridized carbons (Fsp3) is 0.333. The first kappa shape index (κ1) is 16.5. The number of aromatic nitrogens is 2. The van der Waals surface area contributed by atoms with Gasteiger partial charge in [0.15, 0.2) is 0 Å².